The van der Waals surface area contributed by atoms with Crippen LogP contribution in [-0.2, 0) is 11.3 Å². The number of fused-ring (bicyclic) bond motifs is 1. The monoisotopic (exact) mass is 174 g/mol. The van der Waals surface area contributed by atoms with Crippen LogP contribution in [0.3, 0.4) is 0 Å². The second-order valence-corrected chi connectivity index (χ2v) is 3.15. The molecule has 0 bridgehead atoms. The van der Waals surface area contributed by atoms with E-state index < -0.39 is 0 Å². The number of nitrogens with two attached hydrogens (primary N) is 1. The minimum Gasteiger partial charge on any atom is -0.375 e. The van der Waals surface area contributed by atoms with Crippen molar-refractivity contribution in [3.05, 3.63) is 34.9 Å². The molecule has 2 rings (SSSR count). The Labute approximate surface area is 76.7 Å². The molecule has 13 heavy (non-hydrogen) atoms. The van der Waals surface area contributed by atoms with Gasteiger partial charge in [0, 0.05) is 0 Å². The van der Waals surface area contributed by atoms with Crippen molar-refractivity contribution in [3.63, 3.8) is 0 Å². The van der Waals surface area contributed by atoms with Gasteiger partial charge in [0.15, 0.2) is 0 Å². The van der Waals surface area contributed by atoms with Crippen LogP contribution in [0.2, 0.25) is 0 Å². The van der Waals surface area contributed by atoms with Crippen LogP contribution in [0.4, 0.5) is 0 Å². The predicted molar refractivity (Wildman–Crippen MR) is 47.7 cm³/mol. The fourth-order valence-corrected chi connectivity index (χ4v) is 1.53. The molecule has 66 valence electrons. The lowest BCUT2D eigenvalue weighted by Crippen LogP contribution is -2.23. The first-order chi connectivity index (χ1) is 6.31. The Morgan fingerprint density at radius 2 is 2.38 bits per heavy atom. The number of benzene rings is 1. The van der Waals surface area contributed by atoms with E-state index in [0.29, 0.717) is 18.8 Å². The second kappa shape index (κ2) is 3.17. The quantitative estimate of drug-likeness (QED) is 0.640. The summed E-state index contributed by atoms with van der Waals surface area (Å²) >= 11 is 0. The van der Waals surface area contributed by atoms with Gasteiger partial charge in [-0.15, -0.1) is 0 Å². The first kappa shape index (κ1) is 8.24. The van der Waals surface area contributed by atoms with Crippen molar-refractivity contribution in [1.29, 1.82) is 5.26 Å². The van der Waals surface area contributed by atoms with E-state index >= 15 is 0 Å². The highest BCUT2D eigenvalue weighted by Crippen LogP contribution is 2.23. The molecule has 3 heteroatoms. The Morgan fingerprint density at radius 3 is 3.15 bits per heavy atom. The van der Waals surface area contributed by atoms with Crippen LogP contribution in [0.15, 0.2) is 18.2 Å². The number of nitrogens with zero attached hydrogens (tertiary/aromatic N) is 1. The van der Waals surface area contributed by atoms with Crippen LogP contribution in [-0.4, -0.2) is 6.61 Å². The molecule has 0 spiro atoms. The normalized spacial score (nSPS) is 20.5. The topological polar surface area (TPSA) is 59.0 Å². The van der Waals surface area contributed by atoms with Crippen molar-refractivity contribution in [3.8, 4) is 6.07 Å². The average molecular weight is 174 g/mol. The molecule has 0 radical (unpaired) electrons. The molecule has 0 saturated heterocycles. The Balaban J connectivity index is 2.48. The molecule has 0 aliphatic carbocycles. The lowest BCUT2D eigenvalue weighted by atomic mass is 9.97. The van der Waals surface area contributed by atoms with E-state index in [-0.39, 0.29) is 6.04 Å². The summed E-state index contributed by atoms with van der Waals surface area (Å²) in [5.41, 5.74) is 8.64. The SMILES string of the molecule is N#Cc1ccc2c(c1)[C@@H](N)COC2. The molecule has 1 aliphatic rings. The van der Waals surface area contributed by atoms with Crippen molar-refractivity contribution in [2.24, 2.45) is 5.73 Å². The molecule has 1 aromatic carbocycles. The molecule has 1 aromatic rings. The Kier molecular flexibility index (Phi) is 2.01. The van der Waals surface area contributed by atoms with Gasteiger partial charge in [-0.05, 0) is 23.3 Å². The summed E-state index contributed by atoms with van der Waals surface area (Å²) in [6, 6.07) is 7.57. The first-order valence-corrected chi connectivity index (χ1v) is 4.17. The number of hydrogen-bond donors (Lipinski definition) is 1. The van der Waals surface area contributed by atoms with Crippen molar-refractivity contribution < 1.29 is 4.74 Å². The lowest BCUT2D eigenvalue weighted by molar-refractivity contribution is 0.0924. The van der Waals surface area contributed by atoms with Gasteiger partial charge in [0.05, 0.1) is 30.9 Å². The molecule has 1 aliphatic heterocycles. The molecule has 0 saturated carbocycles. The molecule has 0 amide bonds. The number of hydrogen-bond acceptors (Lipinski definition) is 3. The van der Waals surface area contributed by atoms with E-state index in [4.69, 9.17) is 15.7 Å². The van der Waals surface area contributed by atoms with Gasteiger partial charge in [0.1, 0.15) is 0 Å². The van der Waals surface area contributed by atoms with E-state index in [1.807, 2.05) is 12.1 Å². The van der Waals surface area contributed by atoms with Gasteiger partial charge in [-0.1, -0.05) is 6.07 Å². The third-order valence-corrected chi connectivity index (χ3v) is 2.23. The average Bonchev–Trinajstić information content (AvgIpc) is 2.18. The van der Waals surface area contributed by atoms with Crippen molar-refractivity contribution in [2.75, 3.05) is 6.61 Å². The highest BCUT2D eigenvalue weighted by Gasteiger charge is 2.16. The third-order valence-electron chi connectivity index (χ3n) is 2.23. The fourth-order valence-electron chi connectivity index (χ4n) is 1.53. The Hall–Kier alpha value is -1.37. The molecule has 0 aromatic heterocycles. The smallest absolute Gasteiger partial charge is 0.0991 e. The van der Waals surface area contributed by atoms with E-state index in [1.165, 1.54) is 0 Å². The minimum absolute atomic E-state index is 0.0861. The maximum atomic E-state index is 8.70. The van der Waals surface area contributed by atoms with Gasteiger partial charge in [-0.2, -0.15) is 5.26 Å². The maximum absolute atomic E-state index is 8.70. The highest BCUT2D eigenvalue weighted by molar-refractivity contribution is 5.40. The van der Waals surface area contributed by atoms with Gasteiger partial charge in [0.2, 0.25) is 0 Å². The molecule has 0 fully saturated rings. The van der Waals surface area contributed by atoms with E-state index in [2.05, 4.69) is 6.07 Å². The summed E-state index contributed by atoms with van der Waals surface area (Å²) in [7, 11) is 0. The Bertz CT molecular complexity index is 368. The molecule has 1 heterocycles. The van der Waals surface area contributed by atoms with Crippen LogP contribution in [0, 0.1) is 11.3 Å². The van der Waals surface area contributed by atoms with Gasteiger partial charge in [-0.25, -0.2) is 0 Å². The predicted octanol–water partition coefficient (Wildman–Crippen LogP) is 1.09. The van der Waals surface area contributed by atoms with Crippen LogP contribution in [0.5, 0.6) is 0 Å². The van der Waals surface area contributed by atoms with Gasteiger partial charge >= 0.3 is 0 Å². The minimum atomic E-state index is -0.0861. The van der Waals surface area contributed by atoms with Crippen LogP contribution in [0.1, 0.15) is 22.7 Å². The highest BCUT2D eigenvalue weighted by atomic mass is 16.5. The van der Waals surface area contributed by atoms with E-state index in [0.717, 1.165) is 11.1 Å². The van der Waals surface area contributed by atoms with Gasteiger partial charge < -0.3 is 10.5 Å². The third kappa shape index (κ3) is 1.42. The zero-order valence-corrected chi connectivity index (χ0v) is 7.16. The molecule has 3 nitrogen and oxygen atoms in total. The van der Waals surface area contributed by atoms with Crippen LogP contribution in [0.25, 0.3) is 0 Å². The van der Waals surface area contributed by atoms with Crippen LogP contribution < -0.4 is 5.73 Å². The molecule has 0 unspecified atom stereocenters. The zero-order valence-electron chi connectivity index (χ0n) is 7.16. The molecular formula is C10H10N2O. The van der Waals surface area contributed by atoms with Crippen LogP contribution >= 0.6 is 0 Å². The number of rotatable bonds is 0. The molecule has 1 atom stereocenters. The fraction of sp³-hybridized carbons (Fsp3) is 0.300. The summed E-state index contributed by atoms with van der Waals surface area (Å²) in [5, 5.41) is 8.70. The largest absolute Gasteiger partial charge is 0.375 e. The van der Waals surface area contributed by atoms with Gasteiger partial charge in [-0.3, -0.25) is 0 Å². The zero-order chi connectivity index (χ0) is 9.26. The van der Waals surface area contributed by atoms with Crippen molar-refractivity contribution in [2.45, 2.75) is 12.6 Å². The maximum Gasteiger partial charge on any atom is 0.0991 e. The summed E-state index contributed by atoms with van der Waals surface area (Å²) in [6.07, 6.45) is 0. The molecule has 2 N–H and O–H groups in total. The summed E-state index contributed by atoms with van der Waals surface area (Å²) in [4.78, 5) is 0. The van der Waals surface area contributed by atoms with Crippen molar-refractivity contribution >= 4 is 0 Å². The summed E-state index contributed by atoms with van der Waals surface area (Å²) in [5.74, 6) is 0. The first-order valence-electron chi connectivity index (χ1n) is 4.17. The van der Waals surface area contributed by atoms with Crippen molar-refractivity contribution in [1.82, 2.24) is 0 Å². The Morgan fingerprint density at radius 1 is 1.54 bits per heavy atom. The van der Waals surface area contributed by atoms with Gasteiger partial charge in [0.25, 0.3) is 0 Å². The number of nitriles is 1. The number of ether oxygens (including phenoxy) is 1. The standard InChI is InChI=1S/C10H10N2O/c11-4-7-1-2-8-5-13-6-10(12)9(8)3-7/h1-3,10H,5-6,12H2/t10-/m0/s1. The summed E-state index contributed by atoms with van der Waals surface area (Å²) < 4.78 is 5.27. The van der Waals surface area contributed by atoms with E-state index in [9.17, 15) is 0 Å². The van der Waals surface area contributed by atoms with E-state index in [1.54, 1.807) is 6.07 Å². The lowest BCUT2D eigenvalue weighted by Gasteiger charge is -2.22. The molecular weight excluding hydrogens is 164 g/mol. The second-order valence-electron chi connectivity index (χ2n) is 3.15. The summed E-state index contributed by atoms with van der Waals surface area (Å²) in [6.45, 7) is 1.15.